The molecule has 1 rings (SSSR count). The summed E-state index contributed by atoms with van der Waals surface area (Å²) in [7, 11) is 0. The van der Waals surface area contributed by atoms with Gasteiger partial charge in [0.2, 0.25) is 0 Å². The van der Waals surface area contributed by atoms with Crippen molar-refractivity contribution in [1.82, 2.24) is 5.32 Å². The summed E-state index contributed by atoms with van der Waals surface area (Å²) in [4.78, 5) is 22.6. The van der Waals surface area contributed by atoms with Crippen molar-refractivity contribution >= 4 is 29.3 Å². The summed E-state index contributed by atoms with van der Waals surface area (Å²) >= 11 is 5.94. The number of halogens is 1. The number of rotatable bonds is 6. The third-order valence-corrected chi connectivity index (χ3v) is 3.24. The monoisotopic (exact) mass is 298 g/mol. The normalized spacial score (nSPS) is 11.8. The molecule has 2 amide bonds. The molecule has 6 heteroatoms. The van der Waals surface area contributed by atoms with Gasteiger partial charge in [0.05, 0.1) is 16.3 Å². The van der Waals surface area contributed by atoms with Gasteiger partial charge in [-0.3, -0.25) is 0 Å². The van der Waals surface area contributed by atoms with E-state index in [1.165, 1.54) is 18.2 Å². The first kappa shape index (κ1) is 16.3. The number of anilines is 1. The fourth-order valence-corrected chi connectivity index (χ4v) is 2.05. The van der Waals surface area contributed by atoms with Gasteiger partial charge in [-0.25, -0.2) is 9.59 Å². The smallest absolute Gasteiger partial charge is 0.335 e. The predicted molar refractivity (Wildman–Crippen MR) is 79.6 cm³/mol. The molecule has 20 heavy (non-hydrogen) atoms. The summed E-state index contributed by atoms with van der Waals surface area (Å²) in [5.41, 5.74) is 0.471. The highest BCUT2D eigenvalue weighted by Crippen LogP contribution is 2.23. The molecule has 1 unspecified atom stereocenters. The number of carboxylic acid groups (broad SMARTS) is 1. The Labute approximate surface area is 123 Å². The highest BCUT2D eigenvalue weighted by atomic mass is 35.5. The molecule has 0 radical (unpaired) electrons. The summed E-state index contributed by atoms with van der Waals surface area (Å²) < 4.78 is 0. The maximum Gasteiger partial charge on any atom is 0.335 e. The van der Waals surface area contributed by atoms with Crippen molar-refractivity contribution in [2.45, 2.75) is 39.2 Å². The van der Waals surface area contributed by atoms with Crippen LogP contribution in [0.2, 0.25) is 5.02 Å². The molecule has 1 aromatic rings. The molecule has 3 N–H and O–H groups in total. The van der Waals surface area contributed by atoms with Crippen molar-refractivity contribution in [1.29, 1.82) is 0 Å². The average molecular weight is 299 g/mol. The number of aromatic carboxylic acids is 1. The summed E-state index contributed by atoms with van der Waals surface area (Å²) in [6.07, 6.45) is 2.76. The Hall–Kier alpha value is -1.75. The molecule has 0 saturated heterocycles. The van der Waals surface area contributed by atoms with E-state index >= 15 is 0 Å². The Morgan fingerprint density at radius 3 is 2.55 bits per heavy atom. The maximum absolute atomic E-state index is 11.8. The van der Waals surface area contributed by atoms with Crippen molar-refractivity contribution in [3.8, 4) is 0 Å². The van der Waals surface area contributed by atoms with E-state index in [9.17, 15) is 9.59 Å². The maximum atomic E-state index is 11.8. The first-order valence-corrected chi connectivity index (χ1v) is 6.96. The topological polar surface area (TPSA) is 78.4 Å². The first-order chi connectivity index (χ1) is 9.47. The van der Waals surface area contributed by atoms with Gasteiger partial charge in [-0.05, 0) is 31.0 Å². The molecule has 0 aliphatic carbocycles. The van der Waals surface area contributed by atoms with E-state index < -0.39 is 5.97 Å². The Balaban J connectivity index is 2.68. The van der Waals surface area contributed by atoms with Crippen LogP contribution in [0.4, 0.5) is 10.5 Å². The molecule has 5 nitrogen and oxygen atoms in total. The highest BCUT2D eigenvalue weighted by Gasteiger charge is 2.12. The first-order valence-electron chi connectivity index (χ1n) is 6.58. The number of hydrogen-bond acceptors (Lipinski definition) is 2. The van der Waals surface area contributed by atoms with E-state index in [-0.39, 0.29) is 22.7 Å². The van der Waals surface area contributed by atoms with Crippen LogP contribution >= 0.6 is 11.6 Å². The Bertz CT molecular complexity index is 491. The Morgan fingerprint density at radius 2 is 2.05 bits per heavy atom. The van der Waals surface area contributed by atoms with Gasteiger partial charge in [0.25, 0.3) is 0 Å². The highest BCUT2D eigenvalue weighted by molar-refractivity contribution is 6.34. The minimum absolute atomic E-state index is 0.0818. The van der Waals surface area contributed by atoms with E-state index in [1.807, 2.05) is 6.92 Å². The van der Waals surface area contributed by atoms with E-state index in [1.54, 1.807) is 0 Å². The third-order valence-electron chi connectivity index (χ3n) is 2.93. The largest absolute Gasteiger partial charge is 0.478 e. The lowest BCUT2D eigenvalue weighted by Gasteiger charge is -2.17. The lowest BCUT2D eigenvalue weighted by Crippen LogP contribution is -2.37. The van der Waals surface area contributed by atoms with Crippen LogP contribution in [0.15, 0.2) is 18.2 Å². The number of benzene rings is 1. The molecule has 0 saturated carbocycles. The number of hydrogen-bond donors (Lipinski definition) is 3. The van der Waals surface area contributed by atoms with Gasteiger partial charge in [0, 0.05) is 6.04 Å². The molecule has 0 spiro atoms. The molecule has 0 heterocycles. The molecule has 0 aliphatic heterocycles. The minimum atomic E-state index is -1.06. The molecule has 0 bridgehead atoms. The fourth-order valence-electron chi connectivity index (χ4n) is 1.82. The van der Waals surface area contributed by atoms with Crippen LogP contribution in [0.25, 0.3) is 0 Å². The molecule has 0 fully saturated rings. The lowest BCUT2D eigenvalue weighted by molar-refractivity contribution is 0.0697. The van der Waals surface area contributed by atoms with Crippen LogP contribution in [0.5, 0.6) is 0 Å². The van der Waals surface area contributed by atoms with Crippen LogP contribution in [-0.4, -0.2) is 23.1 Å². The molecule has 1 atom stereocenters. The number of amides is 2. The quantitative estimate of drug-likeness (QED) is 0.748. The van der Waals surface area contributed by atoms with Crippen LogP contribution < -0.4 is 10.6 Å². The van der Waals surface area contributed by atoms with Gasteiger partial charge in [-0.1, -0.05) is 31.9 Å². The zero-order valence-corrected chi connectivity index (χ0v) is 12.3. The van der Waals surface area contributed by atoms with Gasteiger partial charge in [-0.2, -0.15) is 0 Å². The van der Waals surface area contributed by atoms with Gasteiger partial charge < -0.3 is 15.7 Å². The van der Waals surface area contributed by atoms with Crippen LogP contribution in [0.3, 0.4) is 0 Å². The summed E-state index contributed by atoms with van der Waals surface area (Å²) in [5, 5.41) is 14.5. The van der Waals surface area contributed by atoms with Crippen LogP contribution in [-0.2, 0) is 0 Å². The van der Waals surface area contributed by atoms with E-state index in [0.717, 1.165) is 19.3 Å². The van der Waals surface area contributed by atoms with Gasteiger partial charge in [0.15, 0.2) is 0 Å². The van der Waals surface area contributed by atoms with Gasteiger partial charge >= 0.3 is 12.0 Å². The van der Waals surface area contributed by atoms with Crippen LogP contribution in [0.1, 0.15) is 43.5 Å². The SMILES string of the molecule is CCCC(CC)NC(=O)Nc1ccc(C(=O)O)cc1Cl. The van der Waals surface area contributed by atoms with E-state index in [2.05, 4.69) is 17.6 Å². The molecular formula is C14H19ClN2O3. The van der Waals surface area contributed by atoms with Gasteiger partial charge in [-0.15, -0.1) is 0 Å². The molecule has 1 aromatic carbocycles. The fraction of sp³-hybridized carbons (Fsp3) is 0.429. The minimum Gasteiger partial charge on any atom is -0.478 e. The number of carbonyl (C=O) groups excluding carboxylic acids is 1. The summed E-state index contributed by atoms with van der Waals surface area (Å²) in [6, 6.07) is 3.97. The molecule has 0 aliphatic rings. The van der Waals surface area contributed by atoms with Crippen molar-refractivity contribution < 1.29 is 14.7 Å². The summed E-state index contributed by atoms with van der Waals surface area (Å²) in [5.74, 6) is -1.06. The van der Waals surface area contributed by atoms with Crippen LogP contribution in [0, 0.1) is 0 Å². The molecule has 0 aromatic heterocycles. The average Bonchev–Trinajstić information content (AvgIpc) is 2.40. The Morgan fingerprint density at radius 1 is 1.35 bits per heavy atom. The lowest BCUT2D eigenvalue weighted by atomic mass is 10.1. The second-order valence-corrected chi connectivity index (χ2v) is 4.90. The standard InChI is InChI=1S/C14H19ClN2O3/c1-3-5-10(4-2)16-14(20)17-12-7-6-9(13(18)19)8-11(12)15/h6-8,10H,3-5H2,1-2H3,(H,18,19)(H2,16,17,20). The number of urea groups is 1. The molecule has 110 valence electrons. The second-order valence-electron chi connectivity index (χ2n) is 4.49. The van der Waals surface area contributed by atoms with Crippen molar-refractivity contribution in [3.63, 3.8) is 0 Å². The summed E-state index contributed by atoms with van der Waals surface area (Å²) in [6.45, 7) is 4.07. The predicted octanol–water partition coefficient (Wildman–Crippen LogP) is 3.74. The van der Waals surface area contributed by atoms with Crippen molar-refractivity contribution in [2.75, 3.05) is 5.32 Å². The van der Waals surface area contributed by atoms with Crippen molar-refractivity contribution in [2.24, 2.45) is 0 Å². The zero-order valence-electron chi connectivity index (χ0n) is 11.6. The van der Waals surface area contributed by atoms with Gasteiger partial charge in [0.1, 0.15) is 0 Å². The Kier molecular flexibility index (Phi) is 6.31. The number of carbonyl (C=O) groups is 2. The zero-order chi connectivity index (χ0) is 15.1. The van der Waals surface area contributed by atoms with Crippen molar-refractivity contribution in [3.05, 3.63) is 28.8 Å². The number of carboxylic acids is 1. The van der Waals surface area contributed by atoms with E-state index in [0.29, 0.717) is 5.69 Å². The van der Waals surface area contributed by atoms with E-state index in [4.69, 9.17) is 16.7 Å². The number of nitrogens with one attached hydrogen (secondary N) is 2. The molecular weight excluding hydrogens is 280 g/mol. The second kappa shape index (κ2) is 7.75. The third kappa shape index (κ3) is 4.74.